The normalized spacial score (nSPS) is 15.6. The van der Waals surface area contributed by atoms with E-state index in [1.54, 1.807) is 36.7 Å². The van der Waals surface area contributed by atoms with Crippen LogP contribution in [0.15, 0.2) is 48.8 Å². The van der Waals surface area contributed by atoms with Gasteiger partial charge in [-0.05, 0) is 37.1 Å². The molecule has 1 aromatic carbocycles. The number of aromatic nitrogens is 1. The third-order valence-electron chi connectivity index (χ3n) is 4.01. The number of halogens is 1. The summed E-state index contributed by atoms with van der Waals surface area (Å²) in [5.41, 5.74) is 1.38. The van der Waals surface area contributed by atoms with E-state index in [0.29, 0.717) is 18.8 Å². The quantitative estimate of drug-likeness (QED) is 0.947. The number of pyridine rings is 1. The van der Waals surface area contributed by atoms with Gasteiger partial charge in [-0.15, -0.1) is 0 Å². The lowest BCUT2D eigenvalue weighted by Gasteiger charge is -2.33. The zero-order valence-corrected chi connectivity index (χ0v) is 12.2. The van der Waals surface area contributed by atoms with Crippen LogP contribution in [0.3, 0.4) is 0 Å². The van der Waals surface area contributed by atoms with Gasteiger partial charge in [0.25, 0.3) is 0 Å². The molecule has 0 unspecified atom stereocenters. The molecule has 0 bridgehead atoms. The van der Waals surface area contributed by atoms with Crippen LogP contribution in [-0.4, -0.2) is 24.0 Å². The van der Waals surface area contributed by atoms with Crippen molar-refractivity contribution in [1.29, 1.82) is 0 Å². The van der Waals surface area contributed by atoms with Crippen molar-refractivity contribution in [3.05, 3.63) is 54.6 Å². The van der Waals surface area contributed by atoms with Crippen LogP contribution >= 0.6 is 0 Å². The number of hydrogen-bond donors (Lipinski definition) is 1. The van der Waals surface area contributed by atoms with Gasteiger partial charge in [-0.2, -0.15) is 0 Å². The first-order valence-electron chi connectivity index (χ1n) is 7.44. The largest absolute Gasteiger partial charge is 0.369 e. The molecule has 1 fully saturated rings. The summed E-state index contributed by atoms with van der Waals surface area (Å²) in [6.07, 6.45) is 4.75. The number of carbonyl (C=O) groups excluding carboxylic acids is 1. The topological polar surface area (TPSA) is 45.2 Å². The number of amides is 1. The lowest BCUT2D eigenvalue weighted by Crippen LogP contribution is -2.38. The molecule has 5 heteroatoms. The van der Waals surface area contributed by atoms with Gasteiger partial charge in [0.15, 0.2) is 0 Å². The Balaban J connectivity index is 1.58. The molecule has 0 aliphatic carbocycles. The van der Waals surface area contributed by atoms with Crippen molar-refractivity contribution in [3.63, 3.8) is 0 Å². The molecule has 1 saturated heterocycles. The minimum absolute atomic E-state index is 0.0272. The lowest BCUT2D eigenvalue weighted by atomic mass is 9.95. The van der Waals surface area contributed by atoms with Crippen LogP contribution in [0.4, 0.5) is 15.8 Å². The Bertz CT molecular complexity index is 639. The van der Waals surface area contributed by atoms with Crippen LogP contribution in [0.5, 0.6) is 0 Å². The van der Waals surface area contributed by atoms with Crippen molar-refractivity contribution in [2.24, 2.45) is 5.92 Å². The number of para-hydroxylation sites is 1. The highest BCUT2D eigenvalue weighted by Crippen LogP contribution is 2.26. The molecule has 2 aromatic rings. The first-order valence-corrected chi connectivity index (χ1v) is 7.44. The molecule has 1 aromatic heterocycles. The molecule has 0 radical (unpaired) electrons. The highest BCUT2D eigenvalue weighted by molar-refractivity contribution is 5.92. The molecule has 0 saturated carbocycles. The zero-order chi connectivity index (χ0) is 15.4. The van der Waals surface area contributed by atoms with E-state index in [1.165, 1.54) is 6.07 Å². The second-order valence-corrected chi connectivity index (χ2v) is 5.44. The van der Waals surface area contributed by atoms with E-state index < -0.39 is 0 Å². The second-order valence-electron chi connectivity index (χ2n) is 5.44. The Kier molecular flexibility index (Phi) is 4.32. The second kappa shape index (κ2) is 6.56. The highest BCUT2D eigenvalue weighted by atomic mass is 19.1. The maximum Gasteiger partial charge on any atom is 0.227 e. The SMILES string of the molecule is O=C(Nc1ccncc1)C1CCN(c2ccccc2F)CC1. The van der Waals surface area contributed by atoms with E-state index >= 15 is 0 Å². The molecule has 114 valence electrons. The van der Waals surface area contributed by atoms with Gasteiger partial charge >= 0.3 is 0 Å². The van der Waals surface area contributed by atoms with Crippen LogP contribution in [0.1, 0.15) is 12.8 Å². The molecular formula is C17H18FN3O. The Morgan fingerprint density at radius 3 is 2.50 bits per heavy atom. The molecule has 0 atom stereocenters. The summed E-state index contributed by atoms with van der Waals surface area (Å²) in [4.78, 5) is 18.2. The Labute approximate surface area is 129 Å². The summed E-state index contributed by atoms with van der Waals surface area (Å²) < 4.78 is 13.8. The van der Waals surface area contributed by atoms with Crippen LogP contribution in [0.2, 0.25) is 0 Å². The fourth-order valence-corrected chi connectivity index (χ4v) is 2.77. The smallest absolute Gasteiger partial charge is 0.227 e. The van der Waals surface area contributed by atoms with Gasteiger partial charge in [-0.1, -0.05) is 12.1 Å². The fourth-order valence-electron chi connectivity index (χ4n) is 2.77. The highest BCUT2D eigenvalue weighted by Gasteiger charge is 2.26. The van der Waals surface area contributed by atoms with E-state index in [9.17, 15) is 9.18 Å². The molecule has 1 aliphatic heterocycles. The average Bonchev–Trinajstić information content (AvgIpc) is 2.56. The van der Waals surface area contributed by atoms with Gasteiger partial charge in [0.1, 0.15) is 5.82 Å². The molecule has 1 aliphatic rings. The van der Waals surface area contributed by atoms with Crippen molar-refractivity contribution in [3.8, 4) is 0 Å². The summed E-state index contributed by atoms with van der Waals surface area (Å²) in [6, 6.07) is 10.3. The van der Waals surface area contributed by atoms with Crippen molar-refractivity contribution < 1.29 is 9.18 Å². The molecule has 3 rings (SSSR count). The predicted molar refractivity (Wildman–Crippen MR) is 84.2 cm³/mol. The average molecular weight is 299 g/mol. The molecule has 0 spiro atoms. The first kappa shape index (κ1) is 14.5. The predicted octanol–water partition coefficient (Wildman–Crippen LogP) is 3.08. The summed E-state index contributed by atoms with van der Waals surface area (Å²) in [5.74, 6) is -0.210. The fraction of sp³-hybridized carbons (Fsp3) is 0.294. The number of hydrogen-bond acceptors (Lipinski definition) is 3. The minimum atomic E-state index is -0.206. The van der Waals surface area contributed by atoms with Crippen LogP contribution < -0.4 is 10.2 Å². The molecular weight excluding hydrogens is 281 g/mol. The summed E-state index contributed by atoms with van der Waals surface area (Å²) in [7, 11) is 0. The maximum atomic E-state index is 13.8. The number of piperidine rings is 1. The van der Waals surface area contributed by atoms with Crippen LogP contribution in [0, 0.1) is 11.7 Å². The molecule has 4 nitrogen and oxygen atoms in total. The Morgan fingerprint density at radius 2 is 1.82 bits per heavy atom. The number of benzene rings is 1. The van der Waals surface area contributed by atoms with Gasteiger partial charge in [0.2, 0.25) is 5.91 Å². The third kappa shape index (κ3) is 3.24. The van der Waals surface area contributed by atoms with Gasteiger partial charge in [-0.25, -0.2) is 4.39 Å². The zero-order valence-electron chi connectivity index (χ0n) is 12.2. The van der Waals surface area contributed by atoms with Gasteiger partial charge < -0.3 is 10.2 Å². The summed E-state index contributed by atoms with van der Waals surface area (Å²) in [5, 5.41) is 2.91. The van der Waals surface area contributed by atoms with E-state index in [1.807, 2.05) is 11.0 Å². The van der Waals surface area contributed by atoms with Gasteiger partial charge in [0, 0.05) is 37.1 Å². The standard InChI is InChI=1S/C17H18FN3O/c18-15-3-1-2-4-16(15)21-11-7-13(8-12-21)17(22)20-14-5-9-19-10-6-14/h1-6,9-10,13H,7-8,11-12H2,(H,19,20,22). The van der Waals surface area contributed by atoms with Gasteiger partial charge in [0.05, 0.1) is 5.69 Å². The minimum Gasteiger partial charge on any atom is -0.369 e. The maximum absolute atomic E-state index is 13.8. The Morgan fingerprint density at radius 1 is 1.14 bits per heavy atom. The van der Waals surface area contributed by atoms with Crippen LogP contribution in [-0.2, 0) is 4.79 Å². The van der Waals surface area contributed by atoms with Crippen molar-refractivity contribution in [1.82, 2.24) is 4.98 Å². The molecule has 2 heterocycles. The van der Waals surface area contributed by atoms with Crippen LogP contribution in [0.25, 0.3) is 0 Å². The van der Waals surface area contributed by atoms with Crippen molar-refractivity contribution >= 4 is 17.3 Å². The lowest BCUT2D eigenvalue weighted by molar-refractivity contribution is -0.120. The summed E-state index contributed by atoms with van der Waals surface area (Å²) in [6.45, 7) is 1.38. The van der Waals surface area contributed by atoms with Crippen molar-refractivity contribution in [2.45, 2.75) is 12.8 Å². The first-order chi connectivity index (χ1) is 10.7. The molecule has 1 amide bonds. The van der Waals surface area contributed by atoms with E-state index in [2.05, 4.69) is 10.3 Å². The molecule has 22 heavy (non-hydrogen) atoms. The van der Waals surface area contributed by atoms with E-state index in [-0.39, 0.29) is 17.6 Å². The number of rotatable bonds is 3. The monoisotopic (exact) mass is 299 g/mol. The number of carbonyl (C=O) groups is 1. The summed E-state index contributed by atoms with van der Waals surface area (Å²) >= 11 is 0. The van der Waals surface area contributed by atoms with Crippen molar-refractivity contribution in [2.75, 3.05) is 23.3 Å². The van der Waals surface area contributed by atoms with E-state index in [4.69, 9.17) is 0 Å². The molecule has 1 N–H and O–H groups in total. The van der Waals surface area contributed by atoms with E-state index in [0.717, 1.165) is 18.5 Å². The Hall–Kier alpha value is -2.43. The number of nitrogens with one attached hydrogen (secondary N) is 1. The number of anilines is 2. The van der Waals surface area contributed by atoms with Gasteiger partial charge in [-0.3, -0.25) is 9.78 Å². The number of nitrogens with zero attached hydrogens (tertiary/aromatic N) is 2. The third-order valence-corrected chi connectivity index (χ3v) is 4.01.